The number of hydrogen-bond donors (Lipinski definition) is 1. The molecule has 2 aliphatic rings. The van der Waals surface area contributed by atoms with Gasteiger partial charge in [-0.25, -0.2) is 0 Å². The van der Waals surface area contributed by atoms with E-state index in [0.29, 0.717) is 49.8 Å². The lowest BCUT2D eigenvalue weighted by Gasteiger charge is -2.34. The fourth-order valence-corrected chi connectivity index (χ4v) is 4.76. The molecule has 2 atom stereocenters. The predicted molar refractivity (Wildman–Crippen MR) is 132 cm³/mol. The first-order valence-electron chi connectivity index (χ1n) is 11.9. The molecule has 0 aromatic heterocycles. The standard InChI is InChI=1S/C29H29NO4/c31-28(23-13-14-26-27(20-23)34-19-18-33-26)25-12-7-16-30(29(25)32)17-15-24(21-8-3-1-4-9-21)22-10-5-2-6-11-22/h1-6,8-11,13-15,20,25,28,31H,7,12,16-19H2/t25-,28-/m0/s1. The number of ether oxygens (including phenoxy) is 2. The number of aliphatic hydroxyl groups excluding tert-OH is 1. The Labute approximate surface area is 200 Å². The first kappa shape index (κ1) is 22.2. The molecular weight excluding hydrogens is 426 g/mol. The van der Waals surface area contributed by atoms with E-state index in [1.807, 2.05) is 53.4 Å². The molecule has 1 amide bonds. The zero-order valence-electron chi connectivity index (χ0n) is 19.1. The van der Waals surface area contributed by atoms with Crippen molar-refractivity contribution in [1.29, 1.82) is 0 Å². The van der Waals surface area contributed by atoms with Crippen molar-refractivity contribution in [2.45, 2.75) is 18.9 Å². The maximum absolute atomic E-state index is 13.4. The number of hydrogen-bond acceptors (Lipinski definition) is 4. The van der Waals surface area contributed by atoms with Crippen molar-refractivity contribution in [3.05, 3.63) is 102 Å². The molecule has 0 bridgehead atoms. The van der Waals surface area contributed by atoms with Crippen LogP contribution in [0, 0.1) is 5.92 Å². The lowest BCUT2D eigenvalue weighted by Crippen LogP contribution is -2.43. The smallest absolute Gasteiger partial charge is 0.228 e. The minimum absolute atomic E-state index is 0.00892. The van der Waals surface area contributed by atoms with Crippen molar-refractivity contribution in [3.63, 3.8) is 0 Å². The van der Waals surface area contributed by atoms with Crippen LogP contribution in [-0.4, -0.2) is 42.2 Å². The van der Waals surface area contributed by atoms with Crippen LogP contribution in [0.1, 0.15) is 35.6 Å². The van der Waals surface area contributed by atoms with Gasteiger partial charge in [-0.1, -0.05) is 72.8 Å². The van der Waals surface area contributed by atoms with E-state index in [1.54, 1.807) is 6.07 Å². The van der Waals surface area contributed by atoms with Gasteiger partial charge < -0.3 is 19.5 Å². The number of carbonyl (C=O) groups excluding carboxylic acids is 1. The van der Waals surface area contributed by atoms with Gasteiger partial charge in [0.1, 0.15) is 13.2 Å². The van der Waals surface area contributed by atoms with Crippen LogP contribution in [-0.2, 0) is 4.79 Å². The third kappa shape index (κ3) is 4.70. The molecule has 5 nitrogen and oxygen atoms in total. The summed E-state index contributed by atoms with van der Waals surface area (Å²) in [7, 11) is 0. The summed E-state index contributed by atoms with van der Waals surface area (Å²) in [5.41, 5.74) is 4.02. The molecule has 5 heteroatoms. The predicted octanol–water partition coefficient (Wildman–Crippen LogP) is 4.86. The molecule has 0 unspecified atom stereocenters. The summed E-state index contributed by atoms with van der Waals surface area (Å²) in [5, 5.41) is 11.1. The molecule has 1 saturated heterocycles. The Bertz CT molecular complexity index is 1120. The fraction of sp³-hybridized carbons (Fsp3) is 0.276. The van der Waals surface area contributed by atoms with Crippen molar-refractivity contribution >= 4 is 11.5 Å². The van der Waals surface area contributed by atoms with E-state index < -0.39 is 12.0 Å². The number of carbonyl (C=O) groups is 1. The zero-order valence-corrected chi connectivity index (χ0v) is 19.1. The van der Waals surface area contributed by atoms with Crippen molar-refractivity contribution in [1.82, 2.24) is 4.90 Å². The van der Waals surface area contributed by atoms with Gasteiger partial charge in [-0.15, -0.1) is 0 Å². The van der Waals surface area contributed by atoms with Crippen LogP contribution in [0.3, 0.4) is 0 Å². The minimum Gasteiger partial charge on any atom is -0.486 e. The van der Waals surface area contributed by atoms with Crippen LogP contribution in [0.25, 0.3) is 5.57 Å². The number of amides is 1. The Morgan fingerprint density at radius 2 is 1.59 bits per heavy atom. The Morgan fingerprint density at radius 3 is 2.26 bits per heavy atom. The normalized spacial score (nSPS) is 18.3. The minimum atomic E-state index is -0.877. The number of piperidine rings is 1. The van der Waals surface area contributed by atoms with Crippen LogP contribution in [0.2, 0.25) is 0 Å². The summed E-state index contributed by atoms with van der Waals surface area (Å²) >= 11 is 0. The highest BCUT2D eigenvalue weighted by Gasteiger charge is 2.35. The molecule has 0 aliphatic carbocycles. The Kier molecular flexibility index (Phi) is 6.63. The van der Waals surface area contributed by atoms with E-state index in [1.165, 1.54) is 0 Å². The summed E-state index contributed by atoms with van der Waals surface area (Å²) in [6.07, 6.45) is 2.77. The summed E-state index contributed by atoms with van der Waals surface area (Å²) < 4.78 is 11.2. The lowest BCUT2D eigenvalue weighted by molar-refractivity contribution is -0.142. The van der Waals surface area contributed by atoms with Gasteiger partial charge in [-0.3, -0.25) is 4.79 Å². The molecule has 2 heterocycles. The third-order valence-corrected chi connectivity index (χ3v) is 6.55. The van der Waals surface area contributed by atoms with Gasteiger partial charge in [-0.05, 0) is 47.2 Å². The van der Waals surface area contributed by atoms with Crippen molar-refractivity contribution in [3.8, 4) is 11.5 Å². The number of aliphatic hydroxyl groups is 1. The number of fused-ring (bicyclic) bond motifs is 1. The highest BCUT2D eigenvalue weighted by molar-refractivity contribution is 5.83. The second-order valence-electron chi connectivity index (χ2n) is 8.73. The average molecular weight is 456 g/mol. The number of rotatable bonds is 6. The highest BCUT2D eigenvalue weighted by Crippen LogP contribution is 2.37. The summed E-state index contributed by atoms with van der Waals surface area (Å²) in [6.45, 7) is 2.20. The molecule has 174 valence electrons. The summed E-state index contributed by atoms with van der Waals surface area (Å²) in [6, 6.07) is 25.9. The van der Waals surface area contributed by atoms with Gasteiger partial charge in [-0.2, -0.15) is 0 Å². The maximum Gasteiger partial charge on any atom is 0.228 e. The molecule has 0 spiro atoms. The monoisotopic (exact) mass is 455 g/mol. The van der Waals surface area contributed by atoms with Gasteiger partial charge in [0, 0.05) is 13.1 Å². The number of likely N-dealkylation sites (tertiary alicyclic amines) is 1. The van der Waals surface area contributed by atoms with E-state index in [0.717, 1.165) is 23.1 Å². The van der Waals surface area contributed by atoms with Gasteiger partial charge in [0.05, 0.1) is 12.0 Å². The largest absolute Gasteiger partial charge is 0.486 e. The second-order valence-corrected chi connectivity index (χ2v) is 8.73. The summed E-state index contributed by atoms with van der Waals surface area (Å²) in [5.74, 6) is 0.825. The molecule has 34 heavy (non-hydrogen) atoms. The van der Waals surface area contributed by atoms with E-state index in [2.05, 4.69) is 30.3 Å². The summed E-state index contributed by atoms with van der Waals surface area (Å²) in [4.78, 5) is 15.3. The fourth-order valence-electron chi connectivity index (χ4n) is 4.76. The number of benzene rings is 3. The molecule has 5 rings (SSSR count). The van der Waals surface area contributed by atoms with E-state index in [9.17, 15) is 9.90 Å². The van der Waals surface area contributed by atoms with Gasteiger partial charge in [0.2, 0.25) is 5.91 Å². The quantitative estimate of drug-likeness (QED) is 0.577. The van der Waals surface area contributed by atoms with Crippen LogP contribution >= 0.6 is 0 Å². The average Bonchev–Trinajstić information content (AvgIpc) is 2.90. The zero-order chi connectivity index (χ0) is 23.3. The highest BCUT2D eigenvalue weighted by atomic mass is 16.6. The molecule has 3 aromatic rings. The van der Waals surface area contributed by atoms with Gasteiger partial charge in [0.25, 0.3) is 0 Å². The van der Waals surface area contributed by atoms with E-state index in [-0.39, 0.29) is 5.91 Å². The molecule has 0 radical (unpaired) electrons. The maximum atomic E-state index is 13.4. The van der Waals surface area contributed by atoms with Crippen molar-refractivity contribution in [2.24, 2.45) is 5.92 Å². The Hall–Kier alpha value is -3.57. The second kappa shape index (κ2) is 10.1. The molecule has 3 aromatic carbocycles. The van der Waals surface area contributed by atoms with Crippen LogP contribution in [0.5, 0.6) is 11.5 Å². The molecular formula is C29H29NO4. The van der Waals surface area contributed by atoms with Gasteiger partial charge in [0.15, 0.2) is 11.5 Å². The Balaban J connectivity index is 1.35. The van der Waals surface area contributed by atoms with E-state index >= 15 is 0 Å². The Morgan fingerprint density at radius 1 is 0.941 bits per heavy atom. The van der Waals surface area contributed by atoms with Crippen LogP contribution < -0.4 is 9.47 Å². The number of nitrogens with zero attached hydrogens (tertiary/aromatic N) is 1. The molecule has 0 saturated carbocycles. The van der Waals surface area contributed by atoms with Crippen LogP contribution in [0.4, 0.5) is 0 Å². The molecule has 1 fully saturated rings. The van der Waals surface area contributed by atoms with E-state index in [4.69, 9.17) is 9.47 Å². The first-order chi connectivity index (χ1) is 16.7. The van der Waals surface area contributed by atoms with Gasteiger partial charge >= 0.3 is 0 Å². The first-order valence-corrected chi connectivity index (χ1v) is 11.9. The third-order valence-electron chi connectivity index (χ3n) is 6.55. The topological polar surface area (TPSA) is 59.0 Å². The van der Waals surface area contributed by atoms with Crippen LogP contribution in [0.15, 0.2) is 84.9 Å². The van der Waals surface area contributed by atoms with Crippen molar-refractivity contribution < 1.29 is 19.4 Å². The van der Waals surface area contributed by atoms with Crippen molar-refractivity contribution in [2.75, 3.05) is 26.3 Å². The molecule has 2 aliphatic heterocycles. The molecule has 1 N–H and O–H groups in total. The SMILES string of the molecule is O=C1[C@H]([C@@H](O)c2ccc3c(c2)OCCO3)CCCN1CC=C(c1ccccc1)c1ccccc1. The lowest BCUT2D eigenvalue weighted by atomic mass is 9.87.